The van der Waals surface area contributed by atoms with Gasteiger partial charge in [0.1, 0.15) is 5.82 Å². The summed E-state index contributed by atoms with van der Waals surface area (Å²) in [6, 6.07) is 3.01. The van der Waals surface area contributed by atoms with Crippen LogP contribution in [0.1, 0.15) is 26.3 Å². The van der Waals surface area contributed by atoms with E-state index in [4.69, 9.17) is 0 Å². The van der Waals surface area contributed by atoms with Gasteiger partial charge < -0.3 is 0 Å². The van der Waals surface area contributed by atoms with E-state index in [1.807, 2.05) is 0 Å². The second-order valence-electron chi connectivity index (χ2n) is 4.55. The van der Waals surface area contributed by atoms with Gasteiger partial charge in [-0.1, -0.05) is 0 Å². The molecule has 0 radical (unpaired) electrons. The molecule has 1 aliphatic rings. The third kappa shape index (κ3) is 2.04. The molecule has 1 aliphatic heterocycles. The number of amides is 2. The van der Waals surface area contributed by atoms with Crippen LogP contribution in [0, 0.1) is 18.6 Å². The average Bonchev–Trinajstić information content (AvgIpc) is 2.66. The number of aromatic nitrogens is 1. The van der Waals surface area contributed by atoms with Gasteiger partial charge in [0.15, 0.2) is 11.6 Å². The molecule has 0 atom stereocenters. The molecule has 106 valence electrons. The van der Waals surface area contributed by atoms with Crippen molar-refractivity contribution >= 4 is 33.6 Å². The molecule has 1 aromatic carbocycles. The highest BCUT2D eigenvalue weighted by Gasteiger charge is 2.38. The Morgan fingerprint density at radius 3 is 2.05 bits per heavy atom. The van der Waals surface area contributed by atoms with E-state index in [9.17, 15) is 18.4 Å². The smallest absolute Gasteiger partial charge is 0.267 e. The van der Waals surface area contributed by atoms with Gasteiger partial charge in [0.05, 0.1) is 11.1 Å². The first-order chi connectivity index (χ1) is 9.90. The summed E-state index contributed by atoms with van der Waals surface area (Å²) in [5, 5.41) is 0. The summed E-state index contributed by atoms with van der Waals surface area (Å²) in [6.07, 6.45) is 1.45. The van der Waals surface area contributed by atoms with Crippen LogP contribution in [0.3, 0.4) is 0 Å². The summed E-state index contributed by atoms with van der Waals surface area (Å²) in [4.78, 5) is 29.3. The van der Waals surface area contributed by atoms with E-state index in [1.165, 1.54) is 6.20 Å². The van der Waals surface area contributed by atoms with E-state index in [2.05, 4.69) is 20.9 Å². The van der Waals surface area contributed by atoms with Crippen molar-refractivity contribution in [2.75, 3.05) is 4.90 Å². The third-order valence-corrected chi connectivity index (χ3v) is 4.02. The first-order valence-corrected chi connectivity index (χ1v) is 6.69. The minimum Gasteiger partial charge on any atom is -0.268 e. The molecular weight excluding hydrogens is 346 g/mol. The van der Waals surface area contributed by atoms with E-state index < -0.39 is 23.4 Å². The number of carbonyl (C=O) groups excluding carboxylic acids is 2. The summed E-state index contributed by atoms with van der Waals surface area (Å²) < 4.78 is 27.2. The number of imide groups is 1. The zero-order valence-electron chi connectivity index (χ0n) is 10.7. The summed E-state index contributed by atoms with van der Waals surface area (Å²) >= 11 is 3.27. The number of aryl methyl sites for hydroxylation is 1. The Balaban J connectivity index is 2.13. The molecule has 4 nitrogen and oxygen atoms in total. The molecule has 0 saturated heterocycles. The van der Waals surface area contributed by atoms with Gasteiger partial charge >= 0.3 is 0 Å². The number of halogens is 3. The van der Waals surface area contributed by atoms with Crippen LogP contribution in [0.4, 0.5) is 14.6 Å². The van der Waals surface area contributed by atoms with Crippen LogP contribution in [0.15, 0.2) is 28.9 Å². The molecule has 2 amide bonds. The van der Waals surface area contributed by atoms with Crippen LogP contribution < -0.4 is 4.90 Å². The number of hydrogen-bond acceptors (Lipinski definition) is 3. The Bertz CT molecular complexity index is 767. The normalized spacial score (nSPS) is 13.8. The number of pyridine rings is 1. The number of carbonyl (C=O) groups is 2. The second kappa shape index (κ2) is 4.70. The zero-order chi connectivity index (χ0) is 15.3. The molecule has 0 bridgehead atoms. The van der Waals surface area contributed by atoms with Crippen LogP contribution in [-0.2, 0) is 0 Å². The molecule has 0 aliphatic carbocycles. The molecule has 1 aromatic heterocycles. The summed E-state index contributed by atoms with van der Waals surface area (Å²) in [6.45, 7) is 1.77. The average molecular weight is 353 g/mol. The lowest BCUT2D eigenvalue weighted by Gasteiger charge is -2.13. The van der Waals surface area contributed by atoms with Crippen molar-refractivity contribution in [3.05, 3.63) is 57.2 Å². The lowest BCUT2D eigenvalue weighted by atomic mass is 10.1. The molecule has 0 saturated carbocycles. The van der Waals surface area contributed by atoms with E-state index in [-0.39, 0.29) is 16.9 Å². The number of fused-ring (bicyclic) bond motifs is 1. The van der Waals surface area contributed by atoms with Gasteiger partial charge in [0, 0.05) is 10.7 Å². The monoisotopic (exact) mass is 352 g/mol. The highest BCUT2D eigenvalue weighted by molar-refractivity contribution is 9.10. The predicted octanol–water partition coefficient (Wildman–Crippen LogP) is 3.23. The van der Waals surface area contributed by atoms with Crippen LogP contribution >= 0.6 is 15.9 Å². The number of anilines is 1. The van der Waals surface area contributed by atoms with Crippen molar-refractivity contribution in [2.24, 2.45) is 0 Å². The van der Waals surface area contributed by atoms with Crippen molar-refractivity contribution in [3.8, 4) is 0 Å². The van der Waals surface area contributed by atoms with Crippen molar-refractivity contribution in [1.82, 2.24) is 4.98 Å². The van der Waals surface area contributed by atoms with Gasteiger partial charge in [-0.05, 0) is 46.6 Å². The quantitative estimate of drug-likeness (QED) is 0.740. The van der Waals surface area contributed by atoms with Crippen molar-refractivity contribution in [3.63, 3.8) is 0 Å². The number of benzene rings is 1. The Kier molecular flexibility index (Phi) is 3.09. The lowest BCUT2D eigenvalue weighted by molar-refractivity contribution is 0.0925. The Hall–Kier alpha value is -2.15. The van der Waals surface area contributed by atoms with Crippen LogP contribution in [0.2, 0.25) is 0 Å². The first-order valence-electron chi connectivity index (χ1n) is 5.90. The van der Waals surface area contributed by atoms with Crippen molar-refractivity contribution in [1.29, 1.82) is 0 Å². The van der Waals surface area contributed by atoms with Gasteiger partial charge in [0.25, 0.3) is 11.8 Å². The lowest BCUT2D eigenvalue weighted by Crippen LogP contribution is -2.30. The molecule has 3 rings (SSSR count). The standard InChI is InChI=1S/C14H7BrF2N2O2/c1-6-2-12(18-5-9(6)15)19-13(20)7-3-10(16)11(17)4-8(7)14(19)21/h2-5H,1H3. The Morgan fingerprint density at radius 2 is 1.57 bits per heavy atom. The maximum absolute atomic E-state index is 13.2. The molecule has 0 fully saturated rings. The maximum atomic E-state index is 13.2. The minimum atomic E-state index is -1.17. The zero-order valence-corrected chi connectivity index (χ0v) is 12.2. The molecule has 0 spiro atoms. The fraction of sp³-hybridized carbons (Fsp3) is 0.0714. The van der Waals surface area contributed by atoms with Gasteiger partial charge in [-0.2, -0.15) is 0 Å². The van der Waals surface area contributed by atoms with E-state index in [1.54, 1.807) is 13.0 Å². The van der Waals surface area contributed by atoms with Crippen LogP contribution in [-0.4, -0.2) is 16.8 Å². The first kappa shape index (κ1) is 13.8. The van der Waals surface area contributed by atoms with Gasteiger partial charge in [-0.25, -0.2) is 18.7 Å². The topological polar surface area (TPSA) is 50.3 Å². The number of rotatable bonds is 1. The molecule has 0 N–H and O–H groups in total. The largest absolute Gasteiger partial charge is 0.268 e. The number of nitrogens with zero attached hydrogens (tertiary/aromatic N) is 2. The fourth-order valence-electron chi connectivity index (χ4n) is 2.09. The molecule has 21 heavy (non-hydrogen) atoms. The molecular formula is C14H7BrF2N2O2. The van der Waals surface area contributed by atoms with E-state index >= 15 is 0 Å². The SMILES string of the molecule is Cc1cc(N2C(=O)c3cc(F)c(F)cc3C2=O)ncc1Br. The Morgan fingerprint density at radius 1 is 1.05 bits per heavy atom. The van der Waals surface area contributed by atoms with Crippen molar-refractivity contribution in [2.45, 2.75) is 6.92 Å². The Labute approximate surface area is 126 Å². The molecule has 2 heterocycles. The molecule has 2 aromatic rings. The minimum absolute atomic E-state index is 0.114. The second-order valence-corrected chi connectivity index (χ2v) is 5.40. The third-order valence-electron chi connectivity index (χ3n) is 3.19. The fourth-order valence-corrected chi connectivity index (χ4v) is 2.31. The van der Waals surface area contributed by atoms with E-state index in [0.29, 0.717) is 0 Å². The van der Waals surface area contributed by atoms with Gasteiger partial charge in [0.2, 0.25) is 0 Å². The highest BCUT2D eigenvalue weighted by atomic mass is 79.9. The van der Waals surface area contributed by atoms with Crippen LogP contribution in [0.5, 0.6) is 0 Å². The van der Waals surface area contributed by atoms with Gasteiger partial charge in [-0.15, -0.1) is 0 Å². The molecule has 0 unspecified atom stereocenters. The van der Waals surface area contributed by atoms with Crippen LogP contribution in [0.25, 0.3) is 0 Å². The summed E-state index contributed by atoms with van der Waals surface area (Å²) in [5.41, 5.74) is 0.441. The maximum Gasteiger partial charge on any atom is 0.267 e. The molecule has 7 heteroatoms. The van der Waals surface area contributed by atoms with Crippen molar-refractivity contribution < 1.29 is 18.4 Å². The van der Waals surface area contributed by atoms with E-state index in [0.717, 1.165) is 27.1 Å². The highest BCUT2D eigenvalue weighted by Crippen LogP contribution is 2.30. The van der Waals surface area contributed by atoms with Gasteiger partial charge in [-0.3, -0.25) is 9.59 Å². The number of hydrogen-bond donors (Lipinski definition) is 0. The summed E-state index contributed by atoms with van der Waals surface area (Å²) in [5.74, 6) is -3.66. The predicted molar refractivity (Wildman–Crippen MR) is 74.2 cm³/mol. The summed E-state index contributed by atoms with van der Waals surface area (Å²) in [7, 11) is 0.